The summed E-state index contributed by atoms with van der Waals surface area (Å²) >= 11 is 0. The highest BCUT2D eigenvalue weighted by Crippen LogP contribution is 2.09. The van der Waals surface area contributed by atoms with Crippen LogP contribution in [0.25, 0.3) is 0 Å². The number of aryl methyl sites for hydroxylation is 1. The lowest BCUT2D eigenvalue weighted by Crippen LogP contribution is -2.38. The molecule has 0 radical (unpaired) electrons. The molecule has 0 heterocycles. The molecule has 0 saturated heterocycles. The van der Waals surface area contributed by atoms with Gasteiger partial charge in [-0.3, -0.25) is 4.79 Å². The van der Waals surface area contributed by atoms with Crippen LogP contribution in [0.1, 0.15) is 18.9 Å². The van der Waals surface area contributed by atoms with Gasteiger partial charge in [-0.1, -0.05) is 17.7 Å². The van der Waals surface area contributed by atoms with Gasteiger partial charge in [-0.05, 0) is 46.1 Å². The summed E-state index contributed by atoms with van der Waals surface area (Å²) in [4.78, 5) is 15.6. The Hall–Kier alpha value is -1.44. The zero-order valence-electron chi connectivity index (χ0n) is 14.4. The Bertz CT molecular complexity index is 598. The van der Waals surface area contributed by atoms with Crippen LogP contribution in [0.4, 0.5) is 0 Å². The summed E-state index contributed by atoms with van der Waals surface area (Å²) in [6, 6.07) is 6.68. The van der Waals surface area contributed by atoms with Crippen molar-refractivity contribution >= 4 is 15.9 Å². The molecule has 0 aliphatic heterocycles. The normalized spacial score (nSPS) is 11.7. The van der Waals surface area contributed by atoms with Gasteiger partial charge >= 0.3 is 0 Å². The number of amides is 1. The van der Waals surface area contributed by atoms with Crippen LogP contribution in [0.5, 0.6) is 0 Å². The smallest absolute Gasteiger partial charge is 0.240 e. The Kier molecular flexibility index (Phi) is 7.67. The van der Waals surface area contributed by atoms with Crippen LogP contribution in [0.3, 0.4) is 0 Å². The van der Waals surface area contributed by atoms with Gasteiger partial charge in [0.1, 0.15) is 0 Å². The molecule has 0 bridgehead atoms. The number of sulfonamides is 1. The first kappa shape index (κ1) is 19.6. The van der Waals surface area contributed by atoms with Crippen molar-refractivity contribution in [2.75, 3.05) is 40.3 Å². The van der Waals surface area contributed by atoms with Crippen LogP contribution in [0.15, 0.2) is 29.2 Å². The molecule has 0 saturated carbocycles. The van der Waals surface area contributed by atoms with Gasteiger partial charge in [0.2, 0.25) is 15.9 Å². The second kappa shape index (κ2) is 9.00. The summed E-state index contributed by atoms with van der Waals surface area (Å²) in [6.07, 6.45) is 0.858. The number of carbonyl (C=O) groups is 1. The molecule has 1 amide bonds. The van der Waals surface area contributed by atoms with Crippen molar-refractivity contribution < 1.29 is 13.2 Å². The van der Waals surface area contributed by atoms with Crippen molar-refractivity contribution in [1.29, 1.82) is 0 Å². The predicted octanol–water partition coefficient (Wildman–Crippen LogP) is 1.07. The maximum absolute atomic E-state index is 12.2. The van der Waals surface area contributed by atoms with E-state index in [0.717, 1.165) is 18.5 Å². The van der Waals surface area contributed by atoms with Crippen LogP contribution < -0.4 is 4.72 Å². The summed E-state index contributed by atoms with van der Waals surface area (Å²) in [5.74, 6) is -0.0433. The van der Waals surface area contributed by atoms with Crippen molar-refractivity contribution in [3.63, 3.8) is 0 Å². The van der Waals surface area contributed by atoms with Crippen LogP contribution in [-0.4, -0.2) is 64.4 Å². The molecular weight excluding hydrogens is 314 g/mol. The van der Waals surface area contributed by atoms with E-state index in [1.54, 1.807) is 29.2 Å². The second-order valence-corrected chi connectivity index (χ2v) is 7.64. The van der Waals surface area contributed by atoms with E-state index >= 15 is 0 Å². The number of rotatable bonds is 9. The van der Waals surface area contributed by atoms with Crippen molar-refractivity contribution in [2.45, 2.75) is 25.2 Å². The number of benzene rings is 1. The molecule has 0 aliphatic carbocycles. The summed E-state index contributed by atoms with van der Waals surface area (Å²) < 4.78 is 26.9. The Balaban J connectivity index is 2.51. The minimum absolute atomic E-state index is 0.0433. The maximum atomic E-state index is 12.2. The van der Waals surface area contributed by atoms with Gasteiger partial charge in [-0.2, -0.15) is 0 Å². The van der Waals surface area contributed by atoms with E-state index in [2.05, 4.69) is 9.62 Å². The van der Waals surface area contributed by atoms with Crippen molar-refractivity contribution in [2.24, 2.45) is 0 Å². The molecule has 6 nitrogen and oxygen atoms in total. The fraction of sp³-hybridized carbons (Fsp3) is 0.562. The first-order valence-corrected chi connectivity index (χ1v) is 9.17. The lowest BCUT2D eigenvalue weighted by atomic mass is 10.2. The van der Waals surface area contributed by atoms with E-state index in [9.17, 15) is 13.2 Å². The van der Waals surface area contributed by atoms with E-state index in [1.807, 2.05) is 21.0 Å². The second-order valence-electron chi connectivity index (χ2n) is 5.87. The standard InChI is InChI=1S/C16H27N3O3S/c1-14-6-8-16(9-7-14)23(21,22)17-10-13-19(15(2)20)12-5-11-18(3)4/h6-9,17H,5,10-13H2,1-4H3. The lowest BCUT2D eigenvalue weighted by molar-refractivity contribution is -0.128. The molecular formula is C16H27N3O3S. The highest BCUT2D eigenvalue weighted by atomic mass is 32.2. The van der Waals surface area contributed by atoms with E-state index < -0.39 is 10.0 Å². The minimum atomic E-state index is -3.53. The van der Waals surface area contributed by atoms with Gasteiger partial charge in [-0.15, -0.1) is 0 Å². The van der Waals surface area contributed by atoms with Crippen molar-refractivity contribution in [3.8, 4) is 0 Å². The largest absolute Gasteiger partial charge is 0.342 e. The predicted molar refractivity (Wildman–Crippen MR) is 91.8 cm³/mol. The molecule has 1 rings (SSSR count). The van der Waals surface area contributed by atoms with Crippen molar-refractivity contribution in [3.05, 3.63) is 29.8 Å². The molecule has 0 aliphatic rings. The third kappa shape index (κ3) is 7.11. The highest BCUT2D eigenvalue weighted by molar-refractivity contribution is 7.89. The van der Waals surface area contributed by atoms with Gasteiger partial charge in [-0.25, -0.2) is 13.1 Å². The fourth-order valence-corrected chi connectivity index (χ4v) is 3.14. The molecule has 1 aromatic carbocycles. The van der Waals surface area contributed by atoms with E-state index in [1.165, 1.54) is 6.92 Å². The van der Waals surface area contributed by atoms with Crippen LogP contribution in [0.2, 0.25) is 0 Å². The van der Waals surface area contributed by atoms with Gasteiger partial charge in [0.25, 0.3) is 0 Å². The number of nitrogens with one attached hydrogen (secondary N) is 1. The SMILES string of the molecule is CC(=O)N(CCCN(C)C)CCNS(=O)(=O)c1ccc(C)cc1. The summed E-state index contributed by atoms with van der Waals surface area (Å²) in [5, 5.41) is 0. The Morgan fingerprint density at radius 1 is 1.09 bits per heavy atom. The van der Waals surface area contributed by atoms with Crippen LogP contribution in [0, 0.1) is 6.92 Å². The fourth-order valence-electron chi connectivity index (χ4n) is 2.12. The Morgan fingerprint density at radius 3 is 2.22 bits per heavy atom. The Morgan fingerprint density at radius 2 is 1.70 bits per heavy atom. The number of nitrogens with zero attached hydrogens (tertiary/aromatic N) is 2. The summed E-state index contributed by atoms with van der Waals surface area (Å²) in [7, 11) is 0.431. The first-order chi connectivity index (χ1) is 10.7. The topological polar surface area (TPSA) is 69.7 Å². The molecule has 0 aromatic heterocycles. The summed E-state index contributed by atoms with van der Waals surface area (Å²) in [5.41, 5.74) is 1.01. The van der Waals surface area contributed by atoms with Gasteiger partial charge < -0.3 is 9.80 Å². The van der Waals surface area contributed by atoms with Gasteiger partial charge in [0.05, 0.1) is 4.90 Å². The lowest BCUT2D eigenvalue weighted by Gasteiger charge is -2.22. The molecule has 0 spiro atoms. The third-order valence-corrected chi connectivity index (χ3v) is 4.96. The number of hydrogen-bond donors (Lipinski definition) is 1. The third-order valence-electron chi connectivity index (χ3n) is 3.48. The summed E-state index contributed by atoms with van der Waals surface area (Å²) in [6.45, 7) is 5.50. The number of hydrogen-bond acceptors (Lipinski definition) is 4. The molecule has 0 unspecified atom stereocenters. The molecule has 1 aromatic rings. The minimum Gasteiger partial charge on any atom is -0.342 e. The maximum Gasteiger partial charge on any atom is 0.240 e. The van der Waals surface area contributed by atoms with Gasteiger partial charge in [0.15, 0.2) is 0 Å². The van der Waals surface area contributed by atoms with Crippen LogP contribution >= 0.6 is 0 Å². The van der Waals surface area contributed by atoms with E-state index in [-0.39, 0.29) is 17.3 Å². The Labute approximate surface area is 139 Å². The molecule has 1 N–H and O–H groups in total. The van der Waals surface area contributed by atoms with E-state index in [0.29, 0.717) is 13.1 Å². The van der Waals surface area contributed by atoms with Crippen LogP contribution in [-0.2, 0) is 14.8 Å². The zero-order chi connectivity index (χ0) is 17.5. The van der Waals surface area contributed by atoms with Gasteiger partial charge in [0, 0.05) is 26.6 Å². The monoisotopic (exact) mass is 341 g/mol. The molecule has 0 fully saturated rings. The molecule has 7 heteroatoms. The average molecular weight is 341 g/mol. The highest BCUT2D eigenvalue weighted by Gasteiger charge is 2.14. The molecule has 130 valence electrons. The average Bonchev–Trinajstić information content (AvgIpc) is 2.45. The number of carbonyl (C=O) groups excluding carboxylic acids is 1. The quantitative estimate of drug-likeness (QED) is 0.729. The van der Waals surface area contributed by atoms with Crippen molar-refractivity contribution in [1.82, 2.24) is 14.5 Å². The van der Waals surface area contributed by atoms with E-state index in [4.69, 9.17) is 0 Å². The molecule has 0 atom stereocenters. The zero-order valence-corrected chi connectivity index (χ0v) is 15.2. The molecule has 23 heavy (non-hydrogen) atoms. The first-order valence-electron chi connectivity index (χ1n) is 7.69.